The Hall–Kier alpha value is -2.73. The zero-order valence-corrected chi connectivity index (χ0v) is 13.8. The second-order valence-corrected chi connectivity index (χ2v) is 6.67. The highest BCUT2D eigenvalue weighted by Gasteiger charge is 2.08. The molecule has 0 radical (unpaired) electrons. The number of amides is 1. The first-order valence-electron chi connectivity index (χ1n) is 7.83. The molecule has 0 fully saturated rings. The number of H-pyrrole nitrogens is 1. The number of benzene rings is 2. The Morgan fingerprint density at radius 3 is 2.67 bits per heavy atom. The molecule has 0 aliphatic rings. The second kappa shape index (κ2) is 6.41. The van der Waals surface area contributed by atoms with Gasteiger partial charge >= 0.3 is 0 Å². The molecule has 0 saturated heterocycles. The molecule has 2 heterocycles. The molecule has 4 rings (SSSR count). The Labute approximate surface area is 142 Å². The van der Waals surface area contributed by atoms with Crippen LogP contribution in [0.1, 0.15) is 17.3 Å². The van der Waals surface area contributed by atoms with E-state index in [9.17, 15) is 4.79 Å². The molecule has 0 spiro atoms. The molecule has 120 valence electrons. The monoisotopic (exact) mass is 336 g/mol. The van der Waals surface area contributed by atoms with Crippen LogP contribution in [0.4, 0.5) is 0 Å². The minimum absolute atomic E-state index is 0.00899. The van der Waals surface area contributed by atoms with E-state index in [2.05, 4.69) is 20.3 Å². The standard InChI is InChI=1S/C18H16N4OS/c23-17(10-9-16-20-12-5-1-2-6-13(12)21-16)19-11-18-22-14-7-3-4-8-15(14)24-18/h1-8H,9-11H2,(H,19,23)(H,20,21). The minimum Gasteiger partial charge on any atom is -0.350 e. The molecular formula is C18H16N4OS. The number of carbonyl (C=O) groups excluding carboxylic acids is 1. The second-order valence-electron chi connectivity index (χ2n) is 5.55. The number of fused-ring (bicyclic) bond motifs is 2. The molecule has 0 bridgehead atoms. The highest BCUT2D eigenvalue weighted by atomic mass is 32.1. The Bertz CT molecular complexity index is 858. The summed E-state index contributed by atoms with van der Waals surface area (Å²) >= 11 is 1.61. The maximum atomic E-state index is 12.0. The van der Waals surface area contributed by atoms with Crippen LogP contribution in [0.3, 0.4) is 0 Å². The van der Waals surface area contributed by atoms with Gasteiger partial charge < -0.3 is 10.3 Å². The number of hydrogen-bond donors (Lipinski definition) is 2. The minimum atomic E-state index is 0.00899. The average Bonchev–Trinajstić information content (AvgIpc) is 3.21. The van der Waals surface area contributed by atoms with Gasteiger partial charge in [-0.3, -0.25) is 4.79 Å². The van der Waals surface area contributed by atoms with E-state index in [1.165, 1.54) is 0 Å². The third-order valence-corrected chi connectivity index (χ3v) is 4.84. The van der Waals surface area contributed by atoms with Crippen LogP contribution in [-0.2, 0) is 17.8 Å². The van der Waals surface area contributed by atoms with E-state index < -0.39 is 0 Å². The normalized spacial score (nSPS) is 11.2. The van der Waals surface area contributed by atoms with E-state index in [1.54, 1.807) is 11.3 Å². The Morgan fingerprint density at radius 1 is 1.04 bits per heavy atom. The van der Waals surface area contributed by atoms with E-state index in [1.807, 2.05) is 48.5 Å². The fourth-order valence-corrected chi connectivity index (χ4v) is 3.52. The first-order valence-corrected chi connectivity index (χ1v) is 8.64. The third-order valence-electron chi connectivity index (χ3n) is 3.80. The van der Waals surface area contributed by atoms with Gasteiger partial charge in [0.25, 0.3) is 0 Å². The molecule has 2 aromatic heterocycles. The van der Waals surface area contributed by atoms with Crippen molar-refractivity contribution in [3.8, 4) is 0 Å². The van der Waals surface area contributed by atoms with Crippen LogP contribution in [-0.4, -0.2) is 20.9 Å². The highest BCUT2D eigenvalue weighted by molar-refractivity contribution is 7.18. The number of aryl methyl sites for hydroxylation is 1. The highest BCUT2D eigenvalue weighted by Crippen LogP contribution is 2.21. The number of nitrogens with zero attached hydrogens (tertiary/aromatic N) is 2. The Kier molecular flexibility index (Phi) is 3.96. The Morgan fingerprint density at radius 2 is 1.83 bits per heavy atom. The third kappa shape index (κ3) is 3.14. The molecule has 24 heavy (non-hydrogen) atoms. The van der Waals surface area contributed by atoms with Crippen LogP contribution in [0.25, 0.3) is 21.3 Å². The van der Waals surface area contributed by atoms with Crippen LogP contribution >= 0.6 is 11.3 Å². The van der Waals surface area contributed by atoms with Crippen molar-refractivity contribution in [1.82, 2.24) is 20.3 Å². The van der Waals surface area contributed by atoms with Gasteiger partial charge in [-0.25, -0.2) is 9.97 Å². The molecule has 0 atom stereocenters. The quantitative estimate of drug-likeness (QED) is 0.586. The molecule has 0 saturated carbocycles. The van der Waals surface area contributed by atoms with Gasteiger partial charge in [0.2, 0.25) is 5.91 Å². The predicted molar refractivity (Wildman–Crippen MR) is 95.9 cm³/mol. The van der Waals surface area contributed by atoms with Gasteiger partial charge in [-0.1, -0.05) is 24.3 Å². The molecule has 1 amide bonds. The van der Waals surface area contributed by atoms with Crippen molar-refractivity contribution in [1.29, 1.82) is 0 Å². The lowest BCUT2D eigenvalue weighted by Gasteiger charge is -2.01. The van der Waals surface area contributed by atoms with Crippen molar-refractivity contribution in [3.05, 3.63) is 59.4 Å². The van der Waals surface area contributed by atoms with Crippen molar-refractivity contribution in [2.75, 3.05) is 0 Å². The number of para-hydroxylation sites is 3. The molecule has 0 unspecified atom stereocenters. The van der Waals surface area contributed by atoms with Crippen LogP contribution < -0.4 is 5.32 Å². The van der Waals surface area contributed by atoms with Crippen LogP contribution in [0.5, 0.6) is 0 Å². The van der Waals surface area contributed by atoms with Crippen molar-refractivity contribution >= 4 is 38.5 Å². The van der Waals surface area contributed by atoms with Crippen molar-refractivity contribution in [2.24, 2.45) is 0 Å². The number of aromatic amines is 1. The fourth-order valence-electron chi connectivity index (χ4n) is 2.61. The zero-order valence-electron chi connectivity index (χ0n) is 13.0. The molecular weight excluding hydrogens is 320 g/mol. The molecule has 5 nitrogen and oxygen atoms in total. The molecule has 0 aliphatic carbocycles. The first kappa shape index (κ1) is 14.8. The largest absolute Gasteiger partial charge is 0.350 e. The average molecular weight is 336 g/mol. The van der Waals surface area contributed by atoms with E-state index >= 15 is 0 Å². The van der Waals surface area contributed by atoms with Gasteiger partial charge in [0, 0.05) is 12.8 Å². The summed E-state index contributed by atoms with van der Waals surface area (Å²) in [7, 11) is 0. The maximum absolute atomic E-state index is 12.0. The number of aromatic nitrogens is 3. The van der Waals surface area contributed by atoms with Gasteiger partial charge in [0.05, 0.1) is 27.8 Å². The molecule has 4 aromatic rings. The number of rotatable bonds is 5. The summed E-state index contributed by atoms with van der Waals surface area (Å²) in [5.41, 5.74) is 2.92. The number of carbonyl (C=O) groups is 1. The molecule has 2 aromatic carbocycles. The van der Waals surface area contributed by atoms with E-state index in [4.69, 9.17) is 0 Å². The summed E-state index contributed by atoms with van der Waals surface area (Å²) < 4.78 is 1.14. The van der Waals surface area contributed by atoms with Gasteiger partial charge in [-0.05, 0) is 24.3 Å². The smallest absolute Gasteiger partial charge is 0.220 e. The van der Waals surface area contributed by atoms with Crippen molar-refractivity contribution in [3.63, 3.8) is 0 Å². The summed E-state index contributed by atoms with van der Waals surface area (Å²) in [6, 6.07) is 15.9. The summed E-state index contributed by atoms with van der Waals surface area (Å²) in [5, 5.41) is 3.86. The number of nitrogens with one attached hydrogen (secondary N) is 2. The lowest BCUT2D eigenvalue weighted by Crippen LogP contribution is -2.23. The number of hydrogen-bond acceptors (Lipinski definition) is 4. The molecule has 6 heteroatoms. The number of imidazole rings is 1. The van der Waals surface area contributed by atoms with Crippen molar-refractivity contribution < 1.29 is 4.79 Å². The Balaban J connectivity index is 1.33. The van der Waals surface area contributed by atoms with Gasteiger partial charge in [-0.15, -0.1) is 11.3 Å². The summed E-state index contributed by atoms with van der Waals surface area (Å²) in [6.07, 6.45) is 1.01. The number of thiazole rings is 1. The lowest BCUT2D eigenvalue weighted by atomic mass is 10.3. The van der Waals surface area contributed by atoms with Crippen LogP contribution in [0.15, 0.2) is 48.5 Å². The van der Waals surface area contributed by atoms with Crippen LogP contribution in [0.2, 0.25) is 0 Å². The molecule has 0 aliphatic heterocycles. The van der Waals surface area contributed by atoms with Gasteiger partial charge in [0.1, 0.15) is 10.8 Å². The topological polar surface area (TPSA) is 70.7 Å². The SMILES string of the molecule is O=C(CCc1nc2ccccc2[nH]1)NCc1nc2ccccc2s1. The van der Waals surface area contributed by atoms with E-state index in [0.717, 1.165) is 32.1 Å². The van der Waals surface area contributed by atoms with Gasteiger partial charge in [-0.2, -0.15) is 0 Å². The maximum Gasteiger partial charge on any atom is 0.220 e. The van der Waals surface area contributed by atoms with Crippen LogP contribution in [0, 0.1) is 0 Å². The first-order chi connectivity index (χ1) is 11.8. The van der Waals surface area contributed by atoms with E-state index in [-0.39, 0.29) is 5.91 Å². The summed E-state index contributed by atoms with van der Waals surface area (Å²) in [6.45, 7) is 0.471. The van der Waals surface area contributed by atoms with Gasteiger partial charge in [0.15, 0.2) is 0 Å². The van der Waals surface area contributed by atoms with Crippen molar-refractivity contribution in [2.45, 2.75) is 19.4 Å². The lowest BCUT2D eigenvalue weighted by molar-refractivity contribution is -0.121. The molecule has 2 N–H and O–H groups in total. The predicted octanol–water partition coefficient (Wildman–Crippen LogP) is 3.42. The summed E-state index contributed by atoms with van der Waals surface area (Å²) in [4.78, 5) is 24.3. The fraction of sp³-hybridized carbons (Fsp3) is 0.167. The van der Waals surface area contributed by atoms with E-state index in [0.29, 0.717) is 19.4 Å². The summed E-state index contributed by atoms with van der Waals surface area (Å²) in [5.74, 6) is 0.848. The zero-order chi connectivity index (χ0) is 16.4.